The molecule has 0 bridgehead atoms. The van der Waals surface area contributed by atoms with Gasteiger partial charge in [0.05, 0.1) is 0 Å². The van der Waals surface area contributed by atoms with E-state index in [4.69, 9.17) is 5.73 Å². The SMILES string of the molecule is CN(C)c1ccc(C2CCC(C(=O)O)n3nc(N)nc32)cc1. The van der Waals surface area contributed by atoms with Crippen LogP contribution in [-0.4, -0.2) is 39.9 Å². The first-order valence-corrected chi connectivity index (χ1v) is 7.19. The maximum atomic E-state index is 11.4. The molecule has 2 atom stereocenters. The zero-order valence-electron chi connectivity index (χ0n) is 12.6. The highest BCUT2D eigenvalue weighted by Crippen LogP contribution is 2.37. The Bertz CT molecular complexity index is 692. The normalized spacial score (nSPS) is 20.5. The van der Waals surface area contributed by atoms with Crippen molar-refractivity contribution in [1.29, 1.82) is 0 Å². The van der Waals surface area contributed by atoms with Gasteiger partial charge in [0.25, 0.3) is 0 Å². The maximum absolute atomic E-state index is 11.4. The molecule has 0 saturated carbocycles. The average molecular weight is 301 g/mol. The van der Waals surface area contributed by atoms with Crippen molar-refractivity contribution < 1.29 is 9.90 Å². The second-order valence-corrected chi connectivity index (χ2v) is 5.74. The van der Waals surface area contributed by atoms with E-state index in [1.54, 1.807) is 0 Å². The van der Waals surface area contributed by atoms with E-state index in [0.717, 1.165) is 17.7 Å². The van der Waals surface area contributed by atoms with Crippen LogP contribution in [-0.2, 0) is 4.79 Å². The van der Waals surface area contributed by atoms with Crippen molar-refractivity contribution in [1.82, 2.24) is 14.8 Å². The summed E-state index contributed by atoms with van der Waals surface area (Å²) in [5.74, 6) is -0.115. The molecule has 0 fully saturated rings. The minimum Gasteiger partial charge on any atom is -0.480 e. The molecule has 2 unspecified atom stereocenters. The van der Waals surface area contributed by atoms with Crippen LogP contribution in [0.25, 0.3) is 0 Å². The number of benzene rings is 1. The molecule has 1 aromatic heterocycles. The number of aliphatic carboxylic acids is 1. The van der Waals surface area contributed by atoms with Gasteiger partial charge < -0.3 is 15.7 Å². The molecule has 0 saturated heterocycles. The van der Waals surface area contributed by atoms with Gasteiger partial charge in [0.15, 0.2) is 6.04 Å². The largest absolute Gasteiger partial charge is 0.480 e. The van der Waals surface area contributed by atoms with Crippen LogP contribution in [0.4, 0.5) is 11.6 Å². The molecule has 0 spiro atoms. The average Bonchev–Trinajstić information content (AvgIpc) is 2.87. The van der Waals surface area contributed by atoms with Crippen LogP contribution < -0.4 is 10.6 Å². The monoisotopic (exact) mass is 301 g/mol. The van der Waals surface area contributed by atoms with E-state index >= 15 is 0 Å². The molecule has 7 nitrogen and oxygen atoms in total. The highest BCUT2D eigenvalue weighted by molar-refractivity contribution is 5.72. The predicted molar refractivity (Wildman–Crippen MR) is 83.0 cm³/mol. The second-order valence-electron chi connectivity index (χ2n) is 5.74. The Morgan fingerprint density at radius 2 is 2.00 bits per heavy atom. The standard InChI is InChI=1S/C15H19N5O2/c1-19(2)10-5-3-9(4-6-10)11-7-8-12(14(21)22)20-13(11)17-15(16)18-20/h3-6,11-12H,7-8H2,1-2H3,(H2,16,18)(H,21,22). The molecule has 0 aliphatic carbocycles. The first kappa shape index (κ1) is 14.4. The highest BCUT2D eigenvalue weighted by Gasteiger charge is 2.34. The summed E-state index contributed by atoms with van der Waals surface area (Å²) in [5.41, 5.74) is 7.90. The lowest BCUT2D eigenvalue weighted by molar-refractivity contribution is -0.141. The molecule has 0 radical (unpaired) electrons. The molecule has 3 rings (SSSR count). The van der Waals surface area contributed by atoms with Gasteiger partial charge in [0.1, 0.15) is 5.82 Å². The Morgan fingerprint density at radius 1 is 1.32 bits per heavy atom. The second kappa shape index (κ2) is 5.32. The summed E-state index contributed by atoms with van der Waals surface area (Å²) in [6, 6.07) is 7.51. The van der Waals surface area contributed by atoms with E-state index < -0.39 is 12.0 Å². The van der Waals surface area contributed by atoms with E-state index in [-0.39, 0.29) is 11.9 Å². The van der Waals surface area contributed by atoms with Crippen LogP contribution in [0, 0.1) is 0 Å². The van der Waals surface area contributed by atoms with Gasteiger partial charge in [-0.3, -0.25) is 0 Å². The van der Waals surface area contributed by atoms with Crippen LogP contribution in [0.15, 0.2) is 24.3 Å². The fourth-order valence-corrected chi connectivity index (χ4v) is 2.94. The van der Waals surface area contributed by atoms with Gasteiger partial charge in [0, 0.05) is 25.7 Å². The van der Waals surface area contributed by atoms with E-state index in [1.165, 1.54) is 4.68 Å². The van der Waals surface area contributed by atoms with Gasteiger partial charge in [-0.05, 0) is 30.5 Å². The van der Waals surface area contributed by atoms with Crippen molar-refractivity contribution in [3.8, 4) is 0 Å². The Morgan fingerprint density at radius 3 is 2.59 bits per heavy atom. The van der Waals surface area contributed by atoms with Gasteiger partial charge in [-0.25, -0.2) is 9.48 Å². The topological polar surface area (TPSA) is 97.3 Å². The summed E-state index contributed by atoms with van der Waals surface area (Å²) in [6.45, 7) is 0. The summed E-state index contributed by atoms with van der Waals surface area (Å²) in [4.78, 5) is 17.6. The predicted octanol–water partition coefficient (Wildman–Crippen LogP) is 1.48. The molecule has 1 aliphatic heterocycles. The number of fused-ring (bicyclic) bond motifs is 1. The first-order valence-electron chi connectivity index (χ1n) is 7.19. The van der Waals surface area contributed by atoms with Crippen molar-refractivity contribution in [2.75, 3.05) is 24.7 Å². The Labute approximate surface area is 128 Å². The summed E-state index contributed by atoms with van der Waals surface area (Å²) in [5, 5.41) is 13.4. The Balaban J connectivity index is 1.98. The van der Waals surface area contributed by atoms with Gasteiger partial charge >= 0.3 is 5.97 Å². The van der Waals surface area contributed by atoms with Crippen molar-refractivity contribution >= 4 is 17.6 Å². The zero-order valence-corrected chi connectivity index (χ0v) is 12.6. The third-order valence-electron chi connectivity index (χ3n) is 4.11. The molecule has 1 aliphatic rings. The number of carboxylic acid groups (broad SMARTS) is 1. The fourth-order valence-electron chi connectivity index (χ4n) is 2.94. The highest BCUT2D eigenvalue weighted by atomic mass is 16.4. The quantitative estimate of drug-likeness (QED) is 0.891. The van der Waals surface area contributed by atoms with Crippen molar-refractivity contribution in [3.05, 3.63) is 35.7 Å². The number of hydrogen-bond acceptors (Lipinski definition) is 5. The van der Waals surface area contributed by atoms with Crippen LogP contribution in [0.5, 0.6) is 0 Å². The molecule has 22 heavy (non-hydrogen) atoms. The van der Waals surface area contributed by atoms with Crippen LogP contribution >= 0.6 is 0 Å². The number of nitrogen functional groups attached to an aromatic ring is 1. The van der Waals surface area contributed by atoms with Crippen LogP contribution in [0.3, 0.4) is 0 Å². The number of nitrogens with zero attached hydrogens (tertiary/aromatic N) is 4. The lowest BCUT2D eigenvalue weighted by Gasteiger charge is -2.27. The third-order valence-corrected chi connectivity index (χ3v) is 4.11. The zero-order chi connectivity index (χ0) is 15.9. The molecule has 2 heterocycles. The third kappa shape index (κ3) is 2.38. The molecule has 7 heteroatoms. The van der Waals surface area contributed by atoms with Crippen molar-refractivity contribution in [2.24, 2.45) is 0 Å². The minimum atomic E-state index is -0.896. The van der Waals surface area contributed by atoms with Gasteiger partial charge in [-0.1, -0.05) is 12.1 Å². The fraction of sp³-hybridized carbons (Fsp3) is 0.400. The smallest absolute Gasteiger partial charge is 0.328 e. The molecule has 3 N–H and O–H groups in total. The number of rotatable bonds is 3. The summed E-state index contributed by atoms with van der Waals surface area (Å²) in [7, 11) is 3.98. The number of carboxylic acids is 1. The lowest BCUT2D eigenvalue weighted by atomic mass is 9.88. The van der Waals surface area contributed by atoms with Crippen molar-refractivity contribution in [2.45, 2.75) is 24.8 Å². The van der Waals surface area contributed by atoms with Gasteiger partial charge in [0.2, 0.25) is 5.95 Å². The number of hydrogen-bond donors (Lipinski definition) is 2. The number of carbonyl (C=O) groups is 1. The van der Waals surface area contributed by atoms with E-state index in [2.05, 4.69) is 22.2 Å². The first-order chi connectivity index (χ1) is 10.5. The molecule has 0 amide bonds. The summed E-state index contributed by atoms with van der Waals surface area (Å²) in [6.07, 6.45) is 1.24. The number of anilines is 2. The molecular weight excluding hydrogens is 282 g/mol. The number of aromatic nitrogens is 3. The molecule has 1 aromatic carbocycles. The maximum Gasteiger partial charge on any atom is 0.328 e. The van der Waals surface area contributed by atoms with Crippen LogP contribution in [0.1, 0.15) is 36.2 Å². The summed E-state index contributed by atoms with van der Waals surface area (Å²) >= 11 is 0. The van der Waals surface area contributed by atoms with Crippen LogP contribution in [0.2, 0.25) is 0 Å². The molecule has 116 valence electrons. The number of nitrogens with two attached hydrogens (primary N) is 1. The summed E-state index contributed by atoms with van der Waals surface area (Å²) < 4.78 is 1.46. The van der Waals surface area contributed by atoms with Crippen molar-refractivity contribution in [3.63, 3.8) is 0 Å². The van der Waals surface area contributed by atoms with E-state index in [0.29, 0.717) is 12.2 Å². The molecular formula is C15H19N5O2. The minimum absolute atomic E-state index is 0.0246. The Hall–Kier alpha value is -2.57. The molecule has 2 aromatic rings. The Kier molecular flexibility index (Phi) is 3.48. The van der Waals surface area contributed by atoms with Gasteiger partial charge in [-0.15, -0.1) is 5.10 Å². The lowest BCUT2D eigenvalue weighted by Crippen LogP contribution is -2.28. The van der Waals surface area contributed by atoms with E-state index in [1.807, 2.05) is 31.1 Å². The van der Waals surface area contributed by atoms with E-state index in [9.17, 15) is 9.90 Å². The van der Waals surface area contributed by atoms with Gasteiger partial charge in [-0.2, -0.15) is 4.98 Å².